The summed E-state index contributed by atoms with van der Waals surface area (Å²) in [6.45, 7) is 3.46. The molecule has 4 rings (SSSR count). The molecule has 6 heteroatoms. The van der Waals surface area contributed by atoms with Gasteiger partial charge in [0.1, 0.15) is 0 Å². The van der Waals surface area contributed by atoms with Crippen molar-refractivity contribution in [2.45, 2.75) is 24.9 Å². The molecule has 0 aromatic heterocycles. The van der Waals surface area contributed by atoms with E-state index < -0.39 is 5.54 Å². The molecule has 1 aromatic carbocycles. The SMILES string of the molecule is C[C@]12CN(C3CCSC3)C[C@H]1C(=O)Nc1ccccc1C(=O)N2. The Labute approximate surface area is 140 Å². The van der Waals surface area contributed by atoms with Crippen LogP contribution in [0.3, 0.4) is 0 Å². The van der Waals surface area contributed by atoms with Crippen molar-refractivity contribution in [3.05, 3.63) is 29.8 Å². The van der Waals surface area contributed by atoms with Gasteiger partial charge in [-0.2, -0.15) is 11.8 Å². The number of fused-ring (bicyclic) bond motifs is 2. The van der Waals surface area contributed by atoms with Crippen molar-refractivity contribution in [3.63, 3.8) is 0 Å². The van der Waals surface area contributed by atoms with Gasteiger partial charge in [-0.3, -0.25) is 14.5 Å². The van der Waals surface area contributed by atoms with Gasteiger partial charge in [0.05, 0.1) is 22.7 Å². The lowest BCUT2D eigenvalue weighted by atomic mass is 9.86. The van der Waals surface area contributed by atoms with Crippen LogP contribution in [0.15, 0.2) is 24.3 Å². The first-order valence-electron chi connectivity index (χ1n) is 8.11. The molecule has 23 heavy (non-hydrogen) atoms. The Bertz CT molecular complexity index is 659. The number of anilines is 1. The minimum absolute atomic E-state index is 0.00750. The predicted octanol–water partition coefficient (Wildman–Crippen LogP) is 1.56. The number of nitrogens with one attached hydrogen (secondary N) is 2. The van der Waals surface area contributed by atoms with Crippen LogP contribution in [0.25, 0.3) is 0 Å². The lowest BCUT2D eigenvalue weighted by Gasteiger charge is -2.33. The molecule has 2 amide bonds. The number of likely N-dealkylation sites (tertiary alicyclic amines) is 1. The fraction of sp³-hybridized carbons (Fsp3) is 0.529. The highest BCUT2D eigenvalue weighted by Gasteiger charge is 2.50. The topological polar surface area (TPSA) is 61.4 Å². The Balaban J connectivity index is 1.66. The van der Waals surface area contributed by atoms with E-state index in [0.717, 1.165) is 18.8 Å². The molecule has 2 saturated heterocycles. The van der Waals surface area contributed by atoms with Gasteiger partial charge in [0, 0.05) is 24.9 Å². The van der Waals surface area contributed by atoms with Crippen molar-refractivity contribution in [1.82, 2.24) is 10.2 Å². The standard InChI is InChI=1S/C17H21N3O2S/c1-17-10-20(11-6-7-23-9-11)8-13(17)16(22)18-14-5-3-2-4-12(14)15(21)19-17/h2-5,11,13H,6-10H2,1H3,(H,18,22)(H,19,21)/t11?,13-,17-/m0/s1. The normalized spacial score (nSPS) is 34.1. The molecule has 3 aliphatic rings. The van der Waals surface area contributed by atoms with E-state index in [1.807, 2.05) is 30.8 Å². The van der Waals surface area contributed by atoms with Crippen LogP contribution < -0.4 is 10.6 Å². The monoisotopic (exact) mass is 331 g/mol. The molecule has 3 heterocycles. The highest BCUT2D eigenvalue weighted by Crippen LogP contribution is 2.35. The first-order chi connectivity index (χ1) is 11.1. The number of benzene rings is 1. The number of carbonyl (C=O) groups excluding carboxylic acids is 2. The van der Waals surface area contributed by atoms with Crippen molar-refractivity contribution >= 4 is 29.3 Å². The van der Waals surface area contributed by atoms with E-state index in [0.29, 0.717) is 17.3 Å². The molecule has 0 aliphatic carbocycles. The first kappa shape index (κ1) is 15.0. The maximum Gasteiger partial charge on any atom is 0.253 e. The molecule has 1 unspecified atom stereocenters. The largest absolute Gasteiger partial charge is 0.345 e. The van der Waals surface area contributed by atoms with Crippen molar-refractivity contribution in [2.75, 3.05) is 29.9 Å². The molecule has 2 fully saturated rings. The fourth-order valence-electron chi connectivity index (χ4n) is 3.96. The Hall–Kier alpha value is -1.53. The number of amides is 2. The zero-order valence-electron chi connectivity index (χ0n) is 13.2. The van der Waals surface area contributed by atoms with Crippen molar-refractivity contribution in [3.8, 4) is 0 Å². The van der Waals surface area contributed by atoms with E-state index in [2.05, 4.69) is 15.5 Å². The average molecular weight is 331 g/mol. The van der Waals surface area contributed by atoms with E-state index in [9.17, 15) is 9.59 Å². The summed E-state index contributed by atoms with van der Waals surface area (Å²) in [5, 5.41) is 6.12. The summed E-state index contributed by atoms with van der Waals surface area (Å²) in [7, 11) is 0. The average Bonchev–Trinajstić information content (AvgIpc) is 3.14. The number of hydrogen-bond acceptors (Lipinski definition) is 4. The number of hydrogen-bond donors (Lipinski definition) is 2. The van der Waals surface area contributed by atoms with Crippen LogP contribution in [0.2, 0.25) is 0 Å². The molecule has 0 radical (unpaired) electrons. The lowest BCUT2D eigenvalue weighted by Crippen LogP contribution is -2.56. The molecule has 0 saturated carbocycles. The Morgan fingerprint density at radius 2 is 2.13 bits per heavy atom. The second-order valence-electron chi connectivity index (χ2n) is 6.91. The van der Waals surface area contributed by atoms with Crippen LogP contribution in [0.5, 0.6) is 0 Å². The molecule has 3 aliphatic heterocycles. The number of carbonyl (C=O) groups is 2. The Morgan fingerprint density at radius 1 is 1.30 bits per heavy atom. The van der Waals surface area contributed by atoms with E-state index >= 15 is 0 Å². The smallest absolute Gasteiger partial charge is 0.253 e. The fourth-order valence-corrected chi connectivity index (χ4v) is 5.21. The second kappa shape index (κ2) is 5.53. The number of rotatable bonds is 1. The predicted molar refractivity (Wildman–Crippen MR) is 91.7 cm³/mol. The first-order valence-corrected chi connectivity index (χ1v) is 9.26. The van der Waals surface area contributed by atoms with Crippen molar-refractivity contribution in [1.29, 1.82) is 0 Å². The van der Waals surface area contributed by atoms with Crippen LogP contribution in [-0.4, -0.2) is 52.9 Å². The van der Waals surface area contributed by atoms with Gasteiger partial charge >= 0.3 is 0 Å². The second-order valence-corrected chi connectivity index (χ2v) is 8.06. The third-order valence-electron chi connectivity index (χ3n) is 5.28. The molecule has 2 N–H and O–H groups in total. The van der Waals surface area contributed by atoms with Gasteiger partial charge in [-0.25, -0.2) is 0 Å². The van der Waals surface area contributed by atoms with Gasteiger partial charge in [0.15, 0.2) is 0 Å². The van der Waals surface area contributed by atoms with Crippen molar-refractivity contribution < 1.29 is 9.59 Å². The van der Waals surface area contributed by atoms with Crippen molar-refractivity contribution in [2.24, 2.45) is 5.92 Å². The maximum atomic E-state index is 12.8. The zero-order chi connectivity index (χ0) is 16.0. The summed E-state index contributed by atoms with van der Waals surface area (Å²) >= 11 is 1.97. The Morgan fingerprint density at radius 3 is 2.91 bits per heavy atom. The van der Waals surface area contributed by atoms with E-state index in [4.69, 9.17) is 0 Å². The summed E-state index contributed by atoms with van der Waals surface area (Å²) in [4.78, 5) is 27.8. The summed E-state index contributed by atoms with van der Waals surface area (Å²) in [5.74, 6) is 2.00. The number of nitrogens with zero attached hydrogens (tertiary/aromatic N) is 1. The quantitative estimate of drug-likeness (QED) is 0.820. The minimum atomic E-state index is -0.512. The van der Waals surface area contributed by atoms with Gasteiger partial charge in [-0.15, -0.1) is 0 Å². The summed E-state index contributed by atoms with van der Waals surface area (Å²) in [5.41, 5.74) is 0.629. The molecule has 5 nitrogen and oxygen atoms in total. The van der Waals surface area contributed by atoms with Gasteiger partial charge in [-0.1, -0.05) is 12.1 Å². The van der Waals surface area contributed by atoms with Gasteiger partial charge in [-0.05, 0) is 31.2 Å². The van der Waals surface area contributed by atoms with Crippen LogP contribution in [0, 0.1) is 5.92 Å². The van der Waals surface area contributed by atoms with Crippen LogP contribution in [0.4, 0.5) is 5.69 Å². The molecule has 0 bridgehead atoms. The molecule has 3 atom stereocenters. The van der Waals surface area contributed by atoms with E-state index in [-0.39, 0.29) is 17.7 Å². The highest BCUT2D eigenvalue weighted by atomic mass is 32.2. The maximum absolute atomic E-state index is 12.8. The molecule has 0 spiro atoms. The summed E-state index contributed by atoms with van der Waals surface area (Å²) in [6, 6.07) is 7.73. The van der Waals surface area contributed by atoms with Crippen LogP contribution in [0.1, 0.15) is 23.7 Å². The molecule has 1 aromatic rings. The zero-order valence-corrected chi connectivity index (χ0v) is 14.0. The minimum Gasteiger partial charge on any atom is -0.345 e. The summed E-state index contributed by atoms with van der Waals surface area (Å²) in [6.07, 6.45) is 1.17. The van der Waals surface area contributed by atoms with Crippen LogP contribution >= 0.6 is 11.8 Å². The highest BCUT2D eigenvalue weighted by molar-refractivity contribution is 7.99. The third-order valence-corrected chi connectivity index (χ3v) is 6.43. The third kappa shape index (κ3) is 2.54. The Kier molecular flexibility index (Phi) is 3.61. The summed E-state index contributed by atoms with van der Waals surface area (Å²) < 4.78 is 0. The molecule has 122 valence electrons. The van der Waals surface area contributed by atoms with E-state index in [1.54, 1.807) is 12.1 Å². The van der Waals surface area contributed by atoms with E-state index in [1.165, 1.54) is 12.2 Å². The lowest BCUT2D eigenvalue weighted by molar-refractivity contribution is -0.121. The number of para-hydroxylation sites is 1. The van der Waals surface area contributed by atoms with Gasteiger partial charge < -0.3 is 10.6 Å². The molecular weight excluding hydrogens is 310 g/mol. The van der Waals surface area contributed by atoms with Gasteiger partial charge in [0.2, 0.25) is 5.91 Å². The molecular formula is C17H21N3O2S. The number of thioether (sulfide) groups is 1. The van der Waals surface area contributed by atoms with Crippen LogP contribution in [-0.2, 0) is 4.79 Å². The van der Waals surface area contributed by atoms with Gasteiger partial charge in [0.25, 0.3) is 5.91 Å².